The molecule has 1 fully saturated rings. The van der Waals surface area contributed by atoms with Gasteiger partial charge in [0, 0.05) is 24.7 Å². The number of halogens is 2. The van der Waals surface area contributed by atoms with Crippen molar-refractivity contribution in [3.8, 4) is 22.9 Å². The smallest absolute Gasteiger partial charge is 0.335 e. The number of rotatable bonds is 10. The zero-order valence-electron chi connectivity index (χ0n) is 22.6. The second-order valence-corrected chi connectivity index (χ2v) is 9.72. The molecule has 5 aromatic rings. The second-order valence-electron chi connectivity index (χ2n) is 9.72. The Hall–Kier alpha value is -4.98. The molecule has 2 aromatic carbocycles. The Kier molecular flexibility index (Phi) is 7.20. The van der Waals surface area contributed by atoms with E-state index in [-0.39, 0.29) is 53.1 Å². The van der Waals surface area contributed by atoms with Gasteiger partial charge >= 0.3 is 5.97 Å². The molecule has 0 amide bonds. The number of aromatic carboxylic acids is 1. The van der Waals surface area contributed by atoms with Crippen LogP contribution in [-0.2, 0) is 31.4 Å². The van der Waals surface area contributed by atoms with Crippen LogP contribution in [0.2, 0.25) is 0 Å². The highest BCUT2D eigenvalue weighted by Crippen LogP contribution is 2.32. The molecule has 0 aliphatic carbocycles. The predicted molar refractivity (Wildman–Crippen MR) is 143 cm³/mol. The van der Waals surface area contributed by atoms with Gasteiger partial charge in [-0.05, 0) is 47.5 Å². The van der Waals surface area contributed by atoms with Gasteiger partial charge in [0.1, 0.15) is 28.7 Å². The molecule has 0 unspecified atom stereocenters. The van der Waals surface area contributed by atoms with Crippen LogP contribution < -0.4 is 9.47 Å². The zero-order chi connectivity index (χ0) is 29.4. The van der Waals surface area contributed by atoms with Crippen LogP contribution in [0.15, 0.2) is 42.5 Å². The van der Waals surface area contributed by atoms with E-state index in [4.69, 9.17) is 14.2 Å². The Morgan fingerprint density at radius 1 is 1.17 bits per heavy atom. The third-order valence-corrected chi connectivity index (χ3v) is 6.93. The van der Waals surface area contributed by atoms with Crippen molar-refractivity contribution < 1.29 is 32.9 Å². The molecule has 1 aliphatic rings. The molecule has 0 spiro atoms. The molecule has 3 aromatic heterocycles. The first-order valence-electron chi connectivity index (χ1n) is 13.0. The lowest BCUT2D eigenvalue weighted by atomic mass is 10.0. The molecule has 4 heterocycles. The summed E-state index contributed by atoms with van der Waals surface area (Å²) in [6, 6.07) is 9.85. The first-order valence-corrected chi connectivity index (χ1v) is 13.0. The summed E-state index contributed by atoms with van der Waals surface area (Å²) in [7, 11) is 3.05. The summed E-state index contributed by atoms with van der Waals surface area (Å²) in [5, 5.41) is 21.2. The van der Waals surface area contributed by atoms with Gasteiger partial charge in [0.05, 0.1) is 43.6 Å². The Balaban J connectivity index is 1.31. The molecule has 1 atom stereocenters. The highest BCUT2D eigenvalue weighted by Gasteiger charge is 2.25. The number of ether oxygens (including phenoxy) is 3. The van der Waals surface area contributed by atoms with Gasteiger partial charge in [-0.1, -0.05) is 6.07 Å². The lowest BCUT2D eigenvalue weighted by molar-refractivity contribution is -0.0589. The number of carboxylic acids is 1. The number of methoxy groups -OCH3 is 1. The molecule has 1 saturated heterocycles. The predicted octanol–water partition coefficient (Wildman–Crippen LogP) is 3.57. The van der Waals surface area contributed by atoms with E-state index in [1.165, 1.54) is 24.0 Å². The number of aryl methyl sites for hydroxylation is 1. The molecular weight excluding hydrogens is 552 g/mol. The third-order valence-electron chi connectivity index (χ3n) is 6.93. The summed E-state index contributed by atoms with van der Waals surface area (Å²) in [5.41, 5.74) is 1.17. The van der Waals surface area contributed by atoms with Gasteiger partial charge in [0.25, 0.3) is 0 Å². The van der Waals surface area contributed by atoms with Crippen molar-refractivity contribution in [2.45, 2.75) is 32.1 Å². The largest absolute Gasteiger partial charge is 0.494 e. The molecule has 216 valence electrons. The highest BCUT2D eigenvalue weighted by atomic mass is 19.1. The molecule has 0 radical (unpaired) electrons. The van der Waals surface area contributed by atoms with E-state index in [2.05, 4.69) is 25.4 Å². The van der Waals surface area contributed by atoms with Crippen molar-refractivity contribution >= 4 is 17.0 Å². The van der Waals surface area contributed by atoms with Crippen LogP contribution in [0.25, 0.3) is 22.3 Å². The number of nitrogens with zero attached hydrogens (tertiary/aromatic N) is 7. The van der Waals surface area contributed by atoms with E-state index in [0.717, 1.165) is 18.6 Å². The molecule has 12 nitrogen and oxygen atoms in total. The summed E-state index contributed by atoms with van der Waals surface area (Å²) in [6.45, 7) is 1.00. The lowest BCUT2D eigenvalue weighted by Crippen LogP contribution is -2.31. The maximum atomic E-state index is 15.5. The SMILES string of the molecule is COc1cc(C(=O)O)cc2c1nc(Cc1cc(F)c(-c3cccc(OCc4nnn(C)n4)n3)cc1F)n2C[C@@H]1CCO1. The number of pyridine rings is 1. The van der Waals surface area contributed by atoms with E-state index in [1.807, 2.05) is 0 Å². The maximum absolute atomic E-state index is 15.5. The average molecular weight is 578 g/mol. The molecule has 0 saturated carbocycles. The Labute approximate surface area is 237 Å². The first-order chi connectivity index (χ1) is 20.3. The maximum Gasteiger partial charge on any atom is 0.335 e. The number of benzene rings is 2. The van der Waals surface area contributed by atoms with E-state index >= 15 is 8.78 Å². The van der Waals surface area contributed by atoms with Gasteiger partial charge in [-0.2, -0.15) is 4.80 Å². The van der Waals surface area contributed by atoms with Gasteiger partial charge in [0.2, 0.25) is 11.7 Å². The fourth-order valence-electron chi connectivity index (χ4n) is 4.74. The average Bonchev–Trinajstić information content (AvgIpc) is 3.53. The van der Waals surface area contributed by atoms with E-state index < -0.39 is 17.6 Å². The fourth-order valence-corrected chi connectivity index (χ4v) is 4.74. The summed E-state index contributed by atoms with van der Waals surface area (Å²) < 4.78 is 49.3. The topological polar surface area (TPSA) is 139 Å². The van der Waals surface area contributed by atoms with Crippen LogP contribution in [0.4, 0.5) is 8.78 Å². The molecule has 1 aliphatic heterocycles. The van der Waals surface area contributed by atoms with E-state index in [0.29, 0.717) is 35.8 Å². The second kappa shape index (κ2) is 11.1. The number of imidazole rings is 1. The minimum Gasteiger partial charge on any atom is -0.494 e. The quantitative estimate of drug-likeness (QED) is 0.262. The molecule has 1 N–H and O–H groups in total. The summed E-state index contributed by atoms with van der Waals surface area (Å²) >= 11 is 0. The molecule has 42 heavy (non-hydrogen) atoms. The standard InChI is InChI=1S/C28H25F2N7O5/c1-36-34-24(33-35-36)14-42-26-5-3-4-21(31-26)18-12-19(29)15(8-20(18)30)11-25-32-27-22(37(25)13-17-6-7-41-17)9-16(28(38)39)10-23(27)40-2/h3-5,8-10,12,17H,6-7,11,13-14H2,1-2H3,(H,38,39)/t17-/m0/s1. The molecular formula is C28H25F2N7O5. The van der Waals surface area contributed by atoms with Crippen LogP contribution in [0, 0.1) is 11.6 Å². The van der Waals surface area contributed by atoms with Crippen LogP contribution in [0.5, 0.6) is 11.6 Å². The van der Waals surface area contributed by atoms with Gasteiger partial charge in [-0.3, -0.25) is 0 Å². The fraction of sp³-hybridized carbons (Fsp3) is 0.286. The number of aromatic nitrogens is 7. The third kappa shape index (κ3) is 5.35. The van der Waals surface area contributed by atoms with Gasteiger partial charge in [0.15, 0.2) is 6.61 Å². The van der Waals surface area contributed by atoms with Gasteiger partial charge in [-0.25, -0.2) is 23.5 Å². The number of carbonyl (C=O) groups is 1. The summed E-state index contributed by atoms with van der Waals surface area (Å²) in [6.07, 6.45) is 0.657. The van der Waals surface area contributed by atoms with Crippen molar-refractivity contribution in [1.82, 2.24) is 34.7 Å². The van der Waals surface area contributed by atoms with E-state index in [9.17, 15) is 9.90 Å². The highest BCUT2D eigenvalue weighted by molar-refractivity contribution is 5.95. The van der Waals surface area contributed by atoms with Gasteiger partial charge in [-0.15, -0.1) is 10.2 Å². The van der Waals surface area contributed by atoms with E-state index in [1.54, 1.807) is 29.8 Å². The van der Waals surface area contributed by atoms with Crippen LogP contribution >= 0.6 is 0 Å². The number of tetrazole rings is 1. The van der Waals surface area contributed by atoms with Crippen LogP contribution in [0.3, 0.4) is 0 Å². The monoisotopic (exact) mass is 577 g/mol. The minimum absolute atomic E-state index is 0.00567. The summed E-state index contributed by atoms with van der Waals surface area (Å²) in [4.78, 5) is 22.0. The van der Waals surface area contributed by atoms with Crippen LogP contribution in [-0.4, -0.2) is 65.6 Å². The number of hydrogen-bond acceptors (Lipinski definition) is 9. The number of carboxylic acid groups (broad SMARTS) is 1. The molecule has 6 rings (SSSR count). The minimum atomic E-state index is -1.12. The normalized spacial score (nSPS) is 14.6. The molecule has 14 heteroatoms. The zero-order valence-corrected chi connectivity index (χ0v) is 22.6. The van der Waals surface area contributed by atoms with Crippen molar-refractivity contribution in [2.75, 3.05) is 13.7 Å². The van der Waals surface area contributed by atoms with Crippen molar-refractivity contribution in [3.05, 3.63) is 76.9 Å². The van der Waals surface area contributed by atoms with Crippen molar-refractivity contribution in [3.63, 3.8) is 0 Å². The van der Waals surface area contributed by atoms with Crippen molar-refractivity contribution in [1.29, 1.82) is 0 Å². The first kappa shape index (κ1) is 27.2. The van der Waals surface area contributed by atoms with Crippen LogP contribution in [0.1, 0.15) is 34.0 Å². The Bertz CT molecular complexity index is 1800. The van der Waals surface area contributed by atoms with Crippen molar-refractivity contribution in [2.24, 2.45) is 7.05 Å². The molecule has 0 bridgehead atoms. The van der Waals surface area contributed by atoms with Gasteiger partial charge < -0.3 is 23.9 Å². The Morgan fingerprint density at radius 2 is 2.00 bits per heavy atom. The Morgan fingerprint density at radius 3 is 2.69 bits per heavy atom. The number of hydrogen-bond donors (Lipinski definition) is 1. The lowest BCUT2D eigenvalue weighted by Gasteiger charge is -2.27. The number of fused-ring (bicyclic) bond motifs is 1. The summed E-state index contributed by atoms with van der Waals surface area (Å²) in [5.74, 6) is -1.24.